The van der Waals surface area contributed by atoms with Crippen LogP contribution in [0.1, 0.15) is 11.1 Å². The molecule has 0 amide bonds. The van der Waals surface area contributed by atoms with Crippen molar-refractivity contribution in [3.8, 4) is 11.1 Å². The molecular weight excluding hydrogens is 535 g/mol. The van der Waals surface area contributed by atoms with Gasteiger partial charge in [-0.15, -0.1) is 9.24 Å². The summed E-state index contributed by atoms with van der Waals surface area (Å²) in [6.45, 7) is 0. The van der Waals surface area contributed by atoms with E-state index < -0.39 is 15.6 Å². The zero-order valence-electron chi connectivity index (χ0n) is 14.8. The van der Waals surface area contributed by atoms with E-state index in [-0.39, 0.29) is 3.16 Å². The largest absolute Gasteiger partial charge is 0.522 e. The highest BCUT2D eigenvalue weighted by Gasteiger charge is 2.44. The Kier molecular flexibility index (Phi) is 7.84. The van der Waals surface area contributed by atoms with Crippen LogP contribution in [0.2, 0.25) is 0 Å². The topological polar surface area (TPSA) is 54.4 Å². The molecule has 154 valence electrons. The van der Waals surface area contributed by atoms with Crippen LogP contribution in [0.15, 0.2) is 84.9 Å². The minimum absolute atomic E-state index is 0.133. The van der Waals surface area contributed by atoms with E-state index >= 15 is 0 Å². The predicted octanol–water partition coefficient (Wildman–Crippen LogP) is 6.26. The van der Waals surface area contributed by atoms with E-state index in [4.69, 9.17) is 13.0 Å². The summed E-state index contributed by atoms with van der Waals surface area (Å²) in [7, 11) is -2.82. The van der Waals surface area contributed by atoms with Gasteiger partial charge in [0.15, 0.2) is 0 Å². The van der Waals surface area contributed by atoms with Gasteiger partial charge in [0.25, 0.3) is 0 Å². The van der Waals surface area contributed by atoms with Gasteiger partial charge in [-0.3, -0.25) is 4.55 Å². The van der Waals surface area contributed by atoms with Crippen LogP contribution in [-0.2, 0) is 13.3 Å². The molecule has 3 aromatic rings. The van der Waals surface area contributed by atoms with E-state index in [1.165, 1.54) is 22.3 Å². The number of benzene rings is 3. The standard InChI is InChI=1S/C19H16IP.CHF3O3S/c20-19(21,16-11-5-2-6-12-16)18-14-8-7-13-17(18)15-9-3-1-4-10-15;2-1(3,4)8(5,6)7/h1-14H,21H2;(H,5,6,7). The second-order valence-electron chi connectivity index (χ2n) is 5.91. The minimum Gasteiger partial charge on any atom is -0.279 e. The van der Waals surface area contributed by atoms with Crippen LogP contribution in [0.4, 0.5) is 13.2 Å². The van der Waals surface area contributed by atoms with E-state index in [9.17, 15) is 13.2 Å². The number of hydrogen-bond donors (Lipinski definition) is 1. The molecule has 0 spiro atoms. The van der Waals surface area contributed by atoms with Crippen molar-refractivity contribution in [2.45, 2.75) is 8.67 Å². The second kappa shape index (κ2) is 9.55. The number of alkyl halides is 4. The Bertz CT molecular complexity index is 1040. The molecule has 2 unspecified atom stereocenters. The molecule has 0 saturated heterocycles. The summed E-state index contributed by atoms with van der Waals surface area (Å²) in [6.07, 6.45) is 0. The number of halogens is 4. The molecule has 3 rings (SSSR count). The highest BCUT2D eigenvalue weighted by molar-refractivity contribution is 14.1. The average Bonchev–Trinajstić information content (AvgIpc) is 2.68. The van der Waals surface area contributed by atoms with E-state index in [1.807, 2.05) is 0 Å². The maximum absolute atomic E-state index is 10.7. The highest BCUT2D eigenvalue weighted by atomic mass is 127. The van der Waals surface area contributed by atoms with E-state index in [1.54, 1.807) is 0 Å². The summed E-state index contributed by atoms with van der Waals surface area (Å²) < 4.78 is 57.4. The fourth-order valence-corrected chi connectivity index (χ4v) is 3.78. The van der Waals surface area contributed by atoms with Crippen molar-refractivity contribution in [3.63, 3.8) is 0 Å². The minimum atomic E-state index is -5.84. The average molecular weight is 552 g/mol. The normalized spacial score (nSPS) is 13.7. The maximum Gasteiger partial charge on any atom is 0.522 e. The quantitative estimate of drug-likeness (QED) is 0.137. The van der Waals surface area contributed by atoms with Gasteiger partial charge in [-0.25, -0.2) is 0 Å². The molecule has 0 bridgehead atoms. The molecule has 0 aliphatic heterocycles. The first kappa shape index (κ1) is 23.8. The SMILES string of the molecule is O=S(=O)(O)C(F)(F)F.PC(I)(c1ccccc1)c1ccccc1-c1ccccc1. The lowest BCUT2D eigenvalue weighted by molar-refractivity contribution is -0.0510. The van der Waals surface area contributed by atoms with Crippen molar-refractivity contribution in [3.05, 3.63) is 96.1 Å². The van der Waals surface area contributed by atoms with Crippen LogP contribution in [0, 0.1) is 0 Å². The van der Waals surface area contributed by atoms with Crippen LogP contribution in [0.5, 0.6) is 0 Å². The van der Waals surface area contributed by atoms with Gasteiger partial charge in [-0.2, -0.15) is 21.6 Å². The van der Waals surface area contributed by atoms with Crippen molar-refractivity contribution < 1.29 is 26.1 Å². The summed E-state index contributed by atoms with van der Waals surface area (Å²) >= 11 is 2.52. The van der Waals surface area contributed by atoms with Crippen molar-refractivity contribution in [1.82, 2.24) is 0 Å². The van der Waals surface area contributed by atoms with E-state index in [0.29, 0.717) is 0 Å². The summed E-state index contributed by atoms with van der Waals surface area (Å²) in [5.74, 6) is 0. The van der Waals surface area contributed by atoms with Crippen LogP contribution in [0.3, 0.4) is 0 Å². The molecule has 9 heteroatoms. The Morgan fingerprint density at radius 1 is 0.793 bits per heavy atom. The highest BCUT2D eigenvalue weighted by Crippen LogP contribution is 2.48. The molecule has 0 heterocycles. The number of rotatable bonds is 3. The first-order valence-corrected chi connectivity index (χ1v) is 11.3. The second-order valence-corrected chi connectivity index (χ2v) is 11.1. The Hall–Kier alpha value is -1.48. The Balaban J connectivity index is 0.000000321. The fourth-order valence-electron chi connectivity index (χ4n) is 2.51. The molecule has 3 aromatic carbocycles. The molecule has 2 atom stereocenters. The molecule has 0 aliphatic rings. The van der Waals surface area contributed by atoms with Crippen molar-refractivity contribution in [1.29, 1.82) is 0 Å². The Morgan fingerprint density at radius 2 is 1.21 bits per heavy atom. The van der Waals surface area contributed by atoms with Gasteiger partial charge < -0.3 is 0 Å². The molecule has 3 nitrogen and oxygen atoms in total. The zero-order chi connectivity index (χ0) is 21.7. The third-order valence-corrected chi connectivity index (χ3v) is 6.32. The summed E-state index contributed by atoms with van der Waals surface area (Å²) in [5, 5.41) is 0. The summed E-state index contributed by atoms with van der Waals surface area (Å²) in [4.78, 5) is 0. The van der Waals surface area contributed by atoms with Gasteiger partial charge in [0.05, 0.1) is 3.16 Å². The van der Waals surface area contributed by atoms with Crippen LogP contribution >= 0.6 is 31.8 Å². The lowest BCUT2D eigenvalue weighted by Gasteiger charge is -2.26. The lowest BCUT2D eigenvalue weighted by Crippen LogP contribution is -2.21. The Labute approximate surface area is 183 Å². The molecule has 1 N–H and O–H groups in total. The van der Waals surface area contributed by atoms with Crippen molar-refractivity contribution in [2.24, 2.45) is 0 Å². The van der Waals surface area contributed by atoms with Gasteiger partial charge in [-0.1, -0.05) is 108 Å². The van der Waals surface area contributed by atoms with E-state index in [2.05, 4.69) is 117 Å². The zero-order valence-corrected chi connectivity index (χ0v) is 19.0. The van der Waals surface area contributed by atoms with Crippen molar-refractivity contribution in [2.75, 3.05) is 0 Å². The Morgan fingerprint density at radius 3 is 1.69 bits per heavy atom. The first-order valence-electron chi connectivity index (χ1n) is 8.16. The maximum atomic E-state index is 10.7. The van der Waals surface area contributed by atoms with Gasteiger partial charge in [0, 0.05) is 0 Å². The molecule has 0 fully saturated rings. The summed E-state index contributed by atoms with van der Waals surface area (Å²) in [5.41, 5.74) is -0.390. The molecular formula is C20H17F3IO3PS. The molecule has 0 aliphatic carbocycles. The molecule has 0 saturated carbocycles. The molecule has 0 aromatic heterocycles. The van der Waals surface area contributed by atoms with Gasteiger partial charge >= 0.3 is 15.6 Å². The predicted molar refractivity (Wildman–Crippen MR) is 120 cm³/mol. The van der Waals surface area contributed by atoms with Crippen LogP contribution in [0.25, 0.3) is 11.1 Å². The van der Waals surface area contributed by atoms with Crippen LogP contribution < -0.4 is 0 Å². The van der Waals surface area contributed by atoms with Crippen molar-refractivity contribution >= 4 is 41.9 Å². The van der Waals surface area contributed by atoms with Crippen LogP contribution in [-0.4, -0.2) is 18.5 Å². The lowest BCUT2D eigenvalue weighted by atomic mass is 9.94. The summed E-state index contributed by atoms with van der Waals surface area (Å²) in [6, 6.07) is 29.8. The number of hydrogen-bond acceptors (Lipinski definition) is 2. The molecule has 29 heavy (non-hydrogen) atoms. The van der Waals surface area contributed by atoms with Gasteiger partial charge in [-0.05, 0) is 22.3 Å². The van der Waals surface area contributed by atoms with Gasteiger partial charge in [0.1, 0.15) is 0 Å². The third kappa shape index (κ3) is 6.25. The first-order chi connectivity index (χ1) is 13.4. The smallest absolute Gasteiger partial charge is 0.279 e. The fraction of sp³-hybridized carbons (Fsp3) is 0.100. The molecule has 0 radical (unpaired) electrons. The van der Waals surface area contributed by atoms with E-state index in [0.717, 1.165) is 0 Å². The monoisotopic (exact) mass is 552 g/mol. The van der Waals surface area contributed by atoms with Gasteiger partial charge in [0.2, 0.25) is 0 Å². The third-order valence-electron chi connectivity index (χ3n) is 3.89.